The average molecular weight is 332 g/mol. The highest BCUT2D eigenvalue weighted by atomic mass is 16.5. The molecule has 0 spiro atoms. The number of amides is 1. The van der Waals surface area contributed by atoms with E-state index in [1.54, 1.807) is 0 Å². The van der Waals surface area contributed by atoms with E-state index in [1.807, 2.05) is 18.2 Å². The molecule has 7 heteroatoms. The summed E-state index contributed by atoms with van der Waals surface area (Å²) in [6, 6.07) is 6.02. The van der Waals surface area contributed by atoms with Gasteiger partial charge in [0.05, 0.1) is 24.2 Å². The van der Waals surface area contributed by atoms with E-state index in [9.17, 15) is 9.59 Å². The molecule has 2 heterocycles. The third-order valence-electron chi connectivity index (χ3n) is 4.53. The Hall–Kier alpha value is -2.12. The molecule has 7 nitrogen and oxygen atoms in total. The number of fused-ring (bicyclic) bond motifs is 1. The Labute approximate surface area is 140 Å². The summed E-state index contributed by atoms with van der Waals surface area (Å²) in [6.07, 6.45) is 1.36. The number of aromatic nitrogens is 2. The first-order valence-electron chi connectivity index (χ1n) is 8.41. The van der Waals surface area contributed by atoms with E-state index in [0.29, 0.717) is 19.0 Å². The topological polar surface area (TPSA) is 90.2 Å². The van der Waals surface area contributed by atoms with Crippen LogP contribution < -0.4 is 11.0 Å². The summed E-state index contributed by atoms with van der Waals surface area (Å²) in [5.41, 5.74) is 2.28. The number of rotatable bonds is 6. The SMILES string of the molecule is C[C@@H](CCC(=O)NCc1ccc2[nH]c(=O)[nH]c2c1)N1CCOCC1. The summed E-state index contributed by atoms with van der Waals surface area (Å²) in [7, 11) is 0. The second-order valence-corrected chi connectivity index (χ2v) is 6.27. The highest BCUT2D eigenvalue weighted by Crippen LogP contribution is 2.11. The van der Waals surface area contributed by atoms with E-state index >= 15 is 0 Å². The van der Waals surface area contributed by atoms with Gasteiger partial charge in [-0.05, 0) is 31.0 Å². The summed E-state index contributed by atoms with van der Waals surface area (Å²) >= 11 is 0. The molecule has 0 unspecified atom stereocenters. The third kappa shape index (κ3) is 4.24. The number of nitrogens with zero attached hydrogens (tertiary/aromatic N) is 1. The molecule has 1 aromatic carbocycles. The molecule has 0 saturated carbocycles. The van der Waals surface area contributed by atoms with Gasteiger partial charge in [0.1, 0.15) is 0 Å². The second kappa shape index (κ2) is 7.63. The molecule has 1 amide bonds. The number of hydrogen-bond acceptors (Lipinski definition) is 4. The molecule has 3 rings (SSSR count). The lowest BCUT2D eigenvalue weighted by Gasteiger charge is -2.32. The van der Waals surface area contributed by atoms with Gasteiger partial charge in [0, 0.05) is 32.1 Å². The number of carbonyl (C=O) groups excluding carboxylic acids is 1. The fourth-order valence-electron chi connectivity index (χ4n) is 3.02. The smallest absolute Gasteiger partial charge is 0.323 e. The highest BCUT2D eigenvalue weighted by molar-refractivity contribution is 5.77. The molecule has 1 fully saturated rings. The summed E-state index contributed by atoms with van der Waals surface area (Å²) < 4.78 is 5.35. The summed E-state index contributed by atoms with van der Waals surface area (Å²) in [5, 5.41) is 2.94. The van der Waals surface area contributed by atoms with Crippen LogP contribution in [0.25, 0.3) is 11.0 Å². The quantitative estimate of drug-likeness (QED) is 0.735. The lowest BCUT2D eigenvalue weighted by molar-refractivity contribution is -0.121. The Bertz CT molecular complexity index is 746. The van der Waals surface area contributed by atoms with Crippen LogP contribution in [0, 0.1) is 0 Å². The van der Waals surface area contributed by atoms with Gasteiger partial charge < -0.3 is 20.0 Å². The van der Waals surface area contributed by atoms with E-state index in [0.717, 1.165) is 49.3 Å². The van der Waals surface area contributed by atoms with Crippen LogP contribution in [0.3, 0.4) is 0 Å². The molecule has 2 aromatic rings. The maximum Gasteiger partial charge on any atom is 0.323 e. The van der Waals surface area contributed by atoms with Crippen molar-refractivity contribution in [3.05, 3.63) is 34.2 Å². The highest BCUT2D eigenvalue weighted by Gasteiger charge is 2.17. The second-order valence-electron chi connectivity index (χ2n) is 6.27. The molecule has 1 aliphatic rings. The standard InChI is InChI=1S/C17H24N4O3/c1-12(21-6-8-24-9-7-21)2-5-16(22)18-11-13-3-4-14-15(10-13)20-17(23)19-14/h3-4,10,12H,2,5-9,11H2,1H3,(H,18,22)(H2,19,20,23)/t12-/m0/s1. The first-order chi connectivity index (χ1) is 11.6. The van der Waals surface area contributed by atoms with Crippen LogP contribution >= 0.6 is 0 Å². The van der Waals surface area contributed by atoms with Gasteiger partial charge in [-0.25, -0.2) is 4.79 Å². The van der Waals surface area contributed by atoms with E-state index in [4.69, 9.17) is 4.74 Å². The van der Waals surface area contributed by atoms with Crippen molar-refractivity contribution in [3.8, 4) is 0 Å². The van der Waals surface area contributed by atoms with Gasteiger partial charge in [-0.1, -0.05) is 6.07 Å². The van der Waals surface area contributed by atoms with Crippen LogP contribution in [0.2, 0.25) is 0 Å². The number of H-pyrrole nitrogens is 2. The molecule has 1 aromatic heterocycles. The maximum atomic E-state index is 12.1. The van der Waals surface area contributed by atoms with Gasteiger partial charge in [-0.2, -0.15) is 0 Å². The monoisotopic (exact) mass is 332 g/mol. The zero-order chi connectivity index (χ0) is 16.9. The minimum absolute atomic E-state index is 0.0535. The van der Waals surface area contributed by atoms with E-state index in [-0.39, 0.29) is 11.6 Å². The number of carbonyl (C=O) groups is 1. The fraction of sp³-hybridized carbons (Fsp3) is 0.529. The van der Waals surface area contributed by atoms with Gasteiger partial charge >= 0.3 is 5.69 Å². The van der Waals surface area contributed by atoms with E-state index in [2.05, 4.69) is 27.1 Å². The fourth-order valence-corrected chi connectivity index (χ4v) is 3.02. The van der Waals surface area contributed by atoms with Crippen molar-refractivity contribution in [2.75, 3.05) is 26.3 Å². The van der Waals surface area contributed by atoms with Crippen LogP contribution in [0.5, 0.6) is 0 Å². The Morgan fingerprint density at radius 1 is 1.29 bits per heavy atom. The Balaban J connectivity index is 1.45. The van der Waals surface area contributed by atoms with E-state index in [1.165, 1.54) is 0 Å². The van der Waals surface area contributed by atoms with Gasteiger partial charge in [0.15, 0.2) is 0 Å². The number of benzene rings is 1. The molecule has 0 radical (unpaired) electrons. The predicted molar refractivity (Wildman–Crippen MR) is 91.9 cm³/mol. The molecule has 0 aliphatic carbocycles. The molecule has 3 N–H and O–H groups in total. The minimum Gasteiger partial charge on any atom is -0.379 e. The average Bonchev–Trinajstić information content (AvgIpc) is 2.97. The molecular formula is C17H24N4O3. The Morgan fingerprint density at radius 2 is 2.04 bits per heavy atom. The van der Waals surface area contributed by atoms with Crippen LogP contribution in [-0.4, -0.2) is 53.1 Å². The molecule has 1 atom stereocenters. The zero-order valence-corrected chi connectivity index (χ0v) is 13.9. The predicted octanol–water partition coefficient (Wildman–Crippen LogP) is 0.973. The molecule has 0 bridgehead atoms. The third-order valence-corrected chi connectivity index (χ3v) is 4.53. The molecule has 1 saturated heterocycles. The number of ether oxygens (including phenoxy) is 1. The van der Waals surface area contributed by atoms with Crippen molar-refractivity contribution in [2.24, 2.45) is 0 Å². The van der Waals surface area contributed by atoms with Crippen LogP contribution in [-0.2, 0) is 16.1 Å². The van der Waals surface area contributed by atoms with Crippen LogP contribution in [0.1, 0.15) is 25.3 Å². The lowest BCUT2D eigenvalue weighted by Crippen LogP contribution is -2.42. The van der Waals surface area contributed by atoms with Gasteiger partial charge in [-0.3, -0.25) is 9.69 Å². The van der Waals surface area contributed by atoms with Crippen molar-refractivity contribution < 1.29 is 9.53 Å². The maximum absolute atomic E-state index is 12.1. The Morgan fingerprint density at radius 3 is 2.83 bits per heavy atom. The molecule has 24 heavy (non-hydrogen) atoms. The number of aromatic amines is 2. The number of morpholine rings is 1. The first kappa shape index (κ1) is 16.7. The van der Waals surface area contributed by atoms with E-state index < -0.39 is 0 Å². The summed E-state index contributed by atoms with van der Waals surface area (Å²) in [6.45, 7) is 6.07. The van der Waals surface area contributed by atoms with Gasteiger partial charge in [0.2, 0.25) is 5.91 Å². The van der Waals surface area contributed by atoms with Gasteiger partial charge in [0.25, 0.3) is 0 Å². The van der Waals surface area contributed by atoms with Crippen molar-refractivity contribution in [2.45, 2.75) is 32.4 Å². The number of hydrogen-bond donors (Lipinski definition) is 3. The minimum atomic E-state index is -0.219. The largest absolute Gasteiger partial charge is 0.379 e. The normalized spacial score (nSPS) is 17.0. The summed E-state index contributed by atoms with van der Waals surface area (Å²) in [4.78, 5) is 31.1. The first-order valence-corrected chi connectivity index (χ1v) is 8.41. The Kier molecular flexibility index (Phi) is 5.32. The van der Waals surface area contributed by atoms with Crippen molar-refractivity contribution in [1.82, 2.24) is 20.2 Å². The zero-order valence-electron chi connectivity index (χ0n) is 13.9. The summed E-state index contributed by atoms with van der Waals surface area (Å²) in [5.74, 6) is 0.0535. The van der Waals surface area contributed by atoms with Crippen molar-refractivity contribution >= 4 is 16.9 Å². The lowest BCUT2D eigenvalue weighted by atomic mass is 10.1. The number of nitrogens with one attached hydrogen (secondary N) is 3. The van der Waals surface area contributed by atoms with Crippen molar-refractivity contribution in [1.29, 1.82) is 0 Å². The van der Waals surface area contributed by atoms with Crippen LogP contribution in [0.15, 0.2) is 23.0 Å². The van der Waals surface area contributed by atoms with Crippen molar-refractivity contribution in [3.63, 3.8) is 0 Å². The molecular weight excluding hydrogens is 308 g/mol. The van der Waals surface area contributed by atoms with Crippen LogP contribution in [0.4, 0.5) is 0 Å². The molecule has 130 valence electrons. The number of imidazole rings is 1. The molecule has 1 aliphatic heterocycles. The van der Waals surface area contributed by atoms with Gasteiger partial charge in [-0.15, -0.1) is 0 Å².